The molecule has 0 saturated carbocycles. The molecule has 0 saturated heterocycles. The van der Waals surface area contributed by atoms with Crippen LogP contribution in [0.2, 0.25) is 0 Å². The second-order valence-electron chi connectivity index (χ2n) is 3.39. The van der Waals surface area contributed by atoms with Crippen LogP contribution in [0.25, 0.3) is 0 Å². The Hall–Kier alpha value is 0.415. The van der Waals surface area contributed by atoms with Gasteiger partial charge in [-0.3, -0.25) is 0 Å². The second kappa shape index (κ2) is 0.973. The zero-order valence-electron chi connectivity index (χ0n) is 4.99. The van der Waals surface area contributed by atoms with Crippen LogP contribution >= 0.6 is 8.59 Å². The maximum atomic E-state index is 5.71. The van der Waals surface area contributed by atoms with Crippen LogP contribution in [0.1, 0.15) is 0 Å². The van der Waals surface area contributed by atoms with Gasteiger partial charge in [-0.2, -0.15) is 0 Å². The number of hydrogen-bond donors (Lipinski definition) is 0. The van der Waals surface area contributed by atoms with E-state index < -0.39 is 8.59 Å². The van der Waals surface area contributed by atoms with Gasteiger partial charge < -0.3 is 0 Å². The van der Waals surface area contributed by atoms with E-state index in [2.05, 4.69) is 25.0 Å². The Balaban J connectivity index is 4.16. The van der Waals surface area contributed by atoms with Crippen molar-refractivity contribution in [2.45, 2.75) is 0 Å². The van der Waals surface area contributed by atoms with Crippen LogP contribution in [-0.4, -0.2) is 31.7 Å². The van der Waals surface area contributed by atoms with Crippen molar-refractivity contribution in [2.75, 3.05) is 25.0 Å². The Labute approximate surface area is 41.1 Å². The minimum atomic E-state index is -1.35. The fourth-order valence-corrected chi connectivity index (χ4v) is 0. The molecule has 6 heavy (non-hydrogen) atoms. The molecule has 0 aromatic heterocycles. The Morgan fingerprint density at radius 1 is 1.00 bits per heavy atom. The zero-order chi connectivity index (χ0) is 5.45. The first-order valence-electron chi connectivity index (χ1n) is 1.87. The van der Waals surface area contributed by atoms with Crippen LogP contribution in [0.4, 0.5) is 0 Å². The van der Waals surface area contributed by atoms with E-state index in [1.807, 2.05) is 0 Å². The third kappa shape index (κ3) is 299. The molecule has 0 bridgehead atoms. The number of hydrogen-bond acceptors (Lipinski definition) is 0. The van der Waals surface area contributed by atoms with Crippen LogP contribution < -0.4 is 0 Å². The van der Waals surface area contributed by atoms with Crippen LogP contribution in [0.15, 0.2) is 0 Å². The second-order valence-corrected chi connectivity index (χ2v) is 10.2. The van der Waals surface area contributed by atoms with Gasteiger partial charge in [-0.25, -0.2) is 0 Å². The van der Waals surface area contributed by atoms with Crippen LogP contribution in [0.5, 0.6) is 0 Å². The van der Waals surface area contributed by atoms with Crippen molar-refractivity contribution in [1.82, 2.24) is 0 Å². The third-order valence-electron chi connectivity index (χ3n) is 0. The van der Waals surface area contributed by atoms with Crippen molar-refractivity contribution in [1.29, 1.82) is 0 Å². The molecule has 0 rings (SSSR count). The summed E-state index contributed by atoms with van der Waals surface area (Å²) in [4.78, 5) is 0. The van der Waals surface area contributed by atoms with Gasteiger partial charge in [-0.1, -0.05) is 0 Å². The van der Waals surface area contributed by atoms with E-state index >= 15 is 0 Å². The summed E-state index contributed by atoms with van der Waals surface area (Å²) in [5.41, 5.74) is 0. The summed E-state index contributed by atoms with van der Waals surface area (Å²) in [6.07, 6.45) is 8.38. The number of rotatable bonds is 0. The van der Waals surface area contributed by atoms with E-state index in [9.17, 15) is 0 Å². The van der Waals surface area contributed by atoms with Gasteiger partial charge in [-0.05, 0) is 0 Å². The summed E-state index contributed by atoms with van der Waals surface area (Å²) in [6.45, 7) is 5.71. The maximum absolute atomic E-state index is 5.71. The van der Waals surface area contributed by atoms with Gasteiger partial charge in [-0.15, -0.1) is 0 Å². The van der Waals surface area contributed by atoms with E-state index in [1.165, 1.54) is 0 Å². The molecular weight excluding hydrogens is 90.9 g/mol. The van der Waals surface area contributed by atoms with Crippen LogP contribution in [0, 0.1) is 0 Å². The molecule has 2 heteroatoms. The van der Waals surface area contributed by atoms with Gasteiger partial charge in [0.2, 0.25) is 0 Å². The van der Waals surface area contributed by atoms with E-state index in [0.29, 0.717) is 0 Å². The van der Waals surface area contributed by atoms with Crippen molar-refractivity contribution in [2.24, 2.45) is 0 Å². The fraction of sp³-hybridized carbons (Fsp3) is 1.00. The van der Waals surface area contributed by atoms with Gasteiger partial charge in [0.1, 0.15) is 0 Å². The predicted octanol–water partition coefficient (Wildman–Crippen LogP) is 0.929. The average Bonchev–Trinajstić information content (AvgIpc) is 0.650. The van der Waals surface area contributed by atoms with E-state index in [-0.39, 0.29) is 0 Å². The Morgan fingerprint density at radius 3 is 1.00 bits per heavy atom. The Morgan fingerprint density at radius 2 is 1.00 bits per heavy atom. The summed E-state index contributed by atoms with van der Waals surface area (Å²) >= 11 is 0. The minimum absolute atomic E-state index is 1.35. The van der Waals surface area contributed by atoms with Gasteiger partial charge in [0.05, 0.1) is 0 Å². The zero-order valence-corrected chi connectivity index (χ0v) is 5.80. The van der Waals surface area contributed by atoms with Gasteiger partial charge in [0.25, 0.3) is 0 Å². The van der Waals surface area contributed by atoms with Crippen LogP contribution in [-0.2, 0) is 0 Å². The molecule has 0 heterocycles. The van der Waals surface area contributed by atoms with Gasteiger partial charge >= 0.3 is 40.3 Å². The molecule has 0 aliphatic carbocycles. The van der Waals surface area contributed by atoms with Gasteiger partial charge in [0, 0.05) is 0 Å². The summed E-state index contributed by atoms with van der Waals surface area (Å²) in [5, 5.41) is 0. The Bertz CT molecular complexity index is 85.2. The van der Waals surface area contributed by atoms with E-state index in [1.54, 1.807) is 0 Å². The molecule has 37 valence electrons. The standard InChI is InChI=1S/C4H12BS/c1-6(2,3,4)5/h1-4H3. The third-order valence-corrected chi connectivity index (χ3v) is 0. The molecule has 0 aromatic carbocycles. The molecule has 0 spiro atoms. The normalized spacial score (nSPS) is 18.8. The van der Waals surface area contributed by atoms with Crippen molar-refractivity contribution in [3.8, 4) is 0 Å². The summed E-state index contributed by atoms with van der Waals surface area (Å²) in [5.74, 6) is 0. The van der Waals surface area contributed by atoms with Crippen molar-refractivity contribution < 1.29 is 0 Å². The first kappa shape index (κ1) is 6.41. The van der Waals surface area contributed by atoms with Gasteiger partial charge in [0.15, 0.2) is 0 Å². The first-order chi connectivity index (χ1) is 2.24. The van der Waals surface area contributed by atoms with E-state index in [4.69, 9.17) is 6.72 Å². The molecule has 1 radical (unpaired) electrons. The molecule has 0 unspecified atom stereocenters. The fourth-order valence-electron chi connectivity index (χ4n) is 0. The van der Waals surface area contributed by atoms with Crippen molar-refractivity contribution in [3.63, 3.8) is 0 Å². The summed E-state index contributed by atoms with van der Waals surface area (Å²) < 4.78 is 0. The Kier molecular flexibility index (Phi) is 1.04. The summed E-state index contributed by atoms with van der Waals surface area (Å²) in [6, 6.07) is 0. The van der Waals surface area contributed by atoms with Crippen molar-refractivity contribution in [3.05, 3.63) is 0 Å². The first-order valence-corrected chi connectivity index (χ1v) is 5.61. The molecule has 0 nitrogen and oxygen atoms in total. The molecule has 0 atom stereocenters. The predicted molar refractivity (Wildman–Crippen MR) is 37.0 cm³/mol. The molecule has 0 fully saturated rings. The summed E-state index contributed by atoms with van der Waals surface area (Å²) in [7, 11) is -1.35. The molecular formula is C4H12BS. The average molecular weight is 103 g/mol. The molecule has 0 aliphatic heterocycles. The van der Waals surface area contributed by atoms with Crippen LogP contribution in [0.3, 0.4) is 0 Å². The van der Waals surface area contributed by atoms with Crippen molar-refractivity contribution >= 4 is 15.3 Å². The SMILES string of the molecule is [B]=S(C)(C)(C)C. The topological polar surface area (TPSA) is 0 Å². The monoisotopic (exact) mass is 103 g/mol. The molecule has 0 N–H and O–H groups in total. The molecule has 0 amide bonds. The molecule has 0 aliphatic rings. The van der Waals surface area contributed by atoms with E-state index in [0.717, 1.165) is 0 Å². The quantitative estimate of drug-likeness (QED) is 0.400. The molecule has 0 aromatic rings.